The van der Waals surface area contributed by atoms with Gasteiger partial charge in [-0.15, -0.1) is 0 Å². The van der Waals surface area contributed by atoms with Gasteiger partial charge in [-0.05, 0) is 31.7 Å². The van der Waals surface area contributed by atoms with Gasteiger partial charge in [0.15, 0.2) is 0 Å². The van der Waals surface area contributed by atoms with Crippen molar-refractivity contribution in [3.05, 3.63) is 53.2 Å². The summed E-state index contributed by atoms with van der Waals surface area (Å²) < 4.78 is 12.4. The molecule has 2 rings (SSSR count). The summed E-state index contributed by atoms with van der Waals surface area (Å²) in [7, 11) is -1.03. The van der Waals surface area contributed by atoms with E-state index in [0.29, 0.717) is 0 Å². The van der Waals surface area contributed by atoms with E-state index in [9.17, 15) is 4.21 Å². The van der Waals surface area contributed by atoms with E-state index in [1.165, 1.54) is 5.56 Å². The summed E-state index contributed by atoms with van der Waals surface area (Å²) in [6.07, 6.45) is 8.04. The molecule has 0 radical (unpaired) electrons. The average Bonchev–Trinajstić information content (AvgIpc) is 2.39. The monoisotopic (exact) mass is 261 g/mol. The van der Waals surface area contributed by atoms with Crippen molar-refractivity contribution >= 4 is 10.8 Å². The van der Waals surface area contributed by atoms with E-state index in [-0.39, 0.29) is 0 Å². The summed E-state index contributed by atoms with van der Waals surface area (Å²) in [6, 6.07) is 7.93. The number of aryl methyl sites for hydroxylation is 1. The quantitative estimate of drug-likeness (QED) is 0.825. The molecule has 1 aliphatic heterocycles. The molecule has 0 fully saturated rings. The lowest BCUT2D eigenvalue weighted by Gasteiger charge is -2.20. The molecule has 2 nitrogen and oxygen atoms in total. The fourth-order valence-corrected chi connectivity index (χ4v) is 3.08. The van der Waals surface area contributed by atoms with Crippen LogP contribution in [0.3, 0.4) is 0 Å². The largest absolute Gasteiger partial charge is 0.354 e. The van der Waals surface area contributed by atoms with Crippen LogP contribution in [0.25, 0.3) is 0 Å². The Balaban J connectivity index is 2.16. The summed E-state index contributed by atoms with van der Waals surface area (Å²) in [5.41, 5.74) is 1.20. The fraction of sp³-hybridized carbons (Fsp3) is 0.333. The zero-order chi connectivity index (χ0) is 13.0. The Labute approximate surface area is 111 Å². The Morgan fingerprint density at radius 3 is 2.67 bits per heavy atom. The van der Waals surface area contributed by atoms with Gasteiger partial charge in [-0.25, -0.2) is 4.21 Å². The molecule has 0 bridgehead atoms. The predicted molar refractivity (Wildman–Crippen MR) is 76.4 cm³/mol. The van der Waals surface area contributed by atoms with Crippen LogP contribution in [-0.4, -0.2) is 15.7 Å². The zero-order valence-electron chi connectivity index (χ0n) is 10.9. The van der Waals surface area contributed by atoms with Gasteiger partial charge in [-0.3, -0.25) is 0 Å². The number of allylic oxidation sites excluding steroid dienone is 2. The van der Waals surface area contributed by atoms with E-state index in [1.807, 2.05) is 37.4 Å². The zero-order valence-corrected chi connectivity index (χ0v) is 11.7. The Hall–Kier alpha value is -1.35. The van der Waals surface area contributed by atoms with Gasteiger partial charge in [-0.2, -0.15) is 0 Å². The predicted octanol–water partition coefficient (Wildman–Crippen LogP) is 3.57. The average molecular weight is 261 g/mol. The van der Waals surface area contributed by atoms with Crippen LogP contribution in [0.1, 0.15) is 25.3 Å². The molecule has 1 atom stereocenters. The minimum Gasteiger partial charge on any atom is -0.354 e. The van der Waals surface area contributed by atoms with Crippen LogP contribution in [0, 0.1) is 6.92 Å². The van der Waals surface area contributed by atoms with Gasteiger partial charge in [0, 0.05) is 29.0 Å². The molecule has 1 aliphatic rings. The number of hydrogen-bond donors (Lipinski definition) is 0. The van der Waals surface area contributed by atoms with Crippen molar-refractivity contribution < 1.29 is 4.21 Å². The van der Waals surface area contributed by atoms with Gasteiger partial charge in [-0.1, -0.05) is 30.7 Å². The molecule has 96 valence electrons. The topological polar surface area (TPSA) is 20.3 Å². The van der Waals surface area contributed by atoms with Gasteiger partial charge in [0.2, 0.25) is 0 Å². The second-order valence-corrected chi connectivity index (χ2v) is 6.04. The summed E-state index contributed by atoms with van der Waals surface area (Å²) in [4.78, 5) is 3.98. The van der Waals surface area contributed by atoms with Crippen LogP contribution in [0.2, 0.25) is 0 Å². The molecular formula is C15H19NOS. The van der Waals surface area contributed by atoms with Gasteiger partial charge in [0.25, 0.3) is 0 Å². The lowest BCUT2D eigenvalue weighted by Crippen LogP contribution is -2.15. The van der Waals surface area contributed by atoms with Gasteiger partial charge in [0.1, 0.15) is 0 Å². The molecule has 0 N–H and O–H groups in total. The maximum absolute atomic E-state index is 12.4. The smallest absolute Gasteiger partial charge is 0.0826 e. The third-order valence-corrected chi connectivity index (χ3v) is 4.33. The molecule has 1 heterocycles. The number of hydrogen-bond acceptors (Lipinski definition) is 2. The normalized spacial score (nSPS) is 16.6. The first-order valence-electron chi connectivity index (χ1n) is 6.32. The molecule has 3 heteroatoms. The highest BCUT2D eigenvalue weighted by Crippen LogP contribution is 2.22. The Kier molecular flexibility index (Phi) is 4.37. The minimum atomic E-state index is -1.03. The van der Waals surface area contributed by atoms with Gasteiger partial charge < -0.3 is 4.90 Å². The van der Waals surface area contributed by atoms with E-state index in [4.69, 9.17) is 0 Å². The van der Waals surface area contributed by atoms with Crippen LogP contribution in [0.5, 0.6) is 0 Å². The standard InChI is InChI=1S/C15H19NOS/c1-3-10-16-11-4-5-15(12-16)18(17)14-8-6-13(2)7-9-14/h4,6-9,11-12H,3,5,10H2,1-2H3. The summed E-state index contributed by atoms with van der Waals surface area (Å²) >= 11 is 0. The third-order valence-electron chi connectivity index (χ3n) is 2.88. The molecule has 0 saturated carbocycles. The molecule has 0 aliphatic carbocycles. The molecule has 18 heavy (non-hydrogen) atoms. The third kappa shape index (κ3) is 3.10. The summed E-state index contributed by atoms with van der Waals surface area (Å²) in [5, 5.41) is 0. The van der Waals surface area contributed by atoms with Crippen molar-refractivity contribution in [2.75, 3.05) is 6.54 Å². The lowest BCUT2D eigenvalue weighted by molar-refractivity contribution is 0.492. The lowest BCUT2D eigenvalue weighted by atomic mass is 10.2. The fourth-order valence-electron chi connectivity index (χ4n) is 1.92. The van der Waals surface area contributed by atoms with Crippen LogP contribution in [0.15, 0.2) is 52.5 Å². The Morgan fingerprint density at radius 1 is 1.28 bits per heavy atom. The molecule has 0 spiro atoms. The number of nitrogens with zero attached hydrogens (tertiary/aromatic N) is 1. The van der Waals surface area contributed by atoms with Crippen molar-refractivity contribution in [3.63, 3.8) is 0 Å². The maximum Gasteiger partial charge on any atom is 0.0826 e. The number of rotatable bonds is 4. The Bertz CT molecular complexity index is 488. The minimum absolute atomic E-state index is 0.778. The van der Waals surface area contributed by atoms with Crippen LogP contribution in [-0.2, 0) is 10.8 Å². The van der Waals surface area contributed by atoms with Crippen molar-refractivity contribution in [1.82, 2.24) is 4.90 Å². The molecule has 0 saturated heterocycles. The highest BCUT2D eigenvalue weighted by atomic mass is 32.2. The van der Waals surface area contributed by atoms with Crippen molar-refractivity contribution in [3.8, 4) is 0 Å². The summed E-state index contributed by atoms with van der Waals surface area (Å²) in [5.74, 6) is 0. The van der Waals surface area contributed by atoms with E-state index in [2.05, 4.69) is 24.1 Å². The first-order chi connectivity index (χ1) is 8.70. The molecule has 1 aromatic carbocycles. The Morgan fingerprint density at radius 2 is 2.00 bits per heavy atom. The van der Waals surface area contributed by atoms with E-state index < -0.39 is 10.8 Å². The first kappa shape index (κ1) is 13.1. The van der Waals surface area contributed by atoms with Gasteiger partial charge in [0.05, 0.1) is 10.8 Å². The van der Waals surface area contributed by atoms with Crippen molar-refractivity contribution in [1.29, 1.82) is 0 Å². The van der Waals surface area contributed by atoms with Crippen LogP contribution < -0.4 is 0 Å². The van der Waals surface area contributed by atoms with Crippen LogP contribution >= 0.6 is 0 Å². The molecule has 0 aromatic heterocycles. The van der Waals surface area contributed by atoms with E-state index >= 15 is 0 Å². The van der Waals surface area contributed by atoms with E-state index in [0.717, 1.165) is 29.2 Å². The van der Waals surface area contributed by atoms with Crippen LogP contribution in [0.4, 0.5) is 0 Å². The molecular weight excluding hydrogens is 242 g/mol. The molecule has 1 unspecified atom stereocenters. The van der Waals surface area contributed by atoms with E-state index in [1.54, 1.807) is 0 Å². The SMILES string of the molecule is CCCN1C=CCC(S(=O)c2ccc(C)cc2)=C1. The second-order valence-electron chi connectivity index (χ2n) is 4.50. The first-order valence-corrected chi connectivity index (χ1v) is 7.47. The highest BCUT2D eigenvalue weighted by Gasteiger charge is 2.13. The van der Waals surface area contributed by atoms with Crippen molar-refractivity contribution in [2.45, 2.75) is 31.6 Å². The maximum atomic E-state index is 12.4. The second kappa shape index (κ2) is 6.01. The van der Waals surface area contributed by atoms with Crippen molar-refractivity contribution in [2.24, 2.45) is 0 Å². The number of benzene rings is 1. The highest BCUT2D eigenvalue weighted by molar-refractivity contribution is 7.89. The summed E-state index contributed by atoms with van der Waals surface area (Å²) in [6.45, 7) is 5.16. The van der Waals surface area contributed by atoms with Gasteiger partial charge >= 0.3 is 0 Å². The molecule has 1 aromatic rings. The molecule has 0 amide bonds.